The van der Waals surface area contributed by atoms with Gasteiger partial charge >= 0.3 is 6.18 Å². The van der Waals surface area contributed by atoms with Crippen molar-refractivity contribution < 1.29 is 13.2 Å². The summed E-state index contributed by atoms with van der Waals surface area (Å²) in [4.78, 5) is 4.00. The van der Waals surface area contributed by atoms with Gasteiger partial charge in [-0.05, 0) is 39.1 Å². The Morgan fingerprint density at radius 3 is 2.21 bits per heavy atom. The molecule has 1 aromatic rings. The maximum absolute atomic E-state index is 13.0. The minimum absolute atomic E-state index is 0.312. The highest BCUT2D eigenvalue weighted by Crippen LogP contribution is 2.37. The highest BCUT2D eigenvalue weighted by atomic mass is 19.4. The SMILES string of the molecule is CN(C)C1CCN(c2ccccc2C(F)(F)F)CC1. The molecule has 0 amide bonds. The number of hydrogen-bond acceptors (Lipinski definition) is 2. The number of para-hydroxylation sites is 1. The van der Waals surface area contributed by atoms with Crippen LogP contribution in [0, 0.1) is 0 Å². The molecule has 1 aliphatic heterocycles. The van der Waals surface area contributed by atoms with E-state index in [9.17, 15) is 13.2 Å². The van der Waals surface area contributed by atoms with E-state index < -0.39 is 11.7 Å². The van der Waals surface area contributed by atoms with Gasteiger partial charge in [0.05, 0.1) is 5.56 Å². The molecule has 1 fully saturated rings. The van der Waals surface area contributed by atoms with Crippen LogP contribution in [-0.2, 0) is 6.18 Å². The summed E-state index contributed by atoms with van der Waals surface area (Å²) in [5.41, 5.74) is -0.217. The van der Waals surface area contributed by atoms with E-state index in [1.54, 1.807) is 12.1 Å². The first-order valence-corrected chi connectivity index (χ1v) is 6.47. The van der Waals surface area contributed by atoms with Gasteiger partial charge in [0.25, 0.3) is 0 Å². The monoisotopic (exact) mass is 272 g/mol. The molecule has 1 saturated heterocycles. The summed E-state index contributed by atoms with van der Waals surface area (Å²) in [5, 5.41) is 0. The van der Waals surface area contributed by atoms with Crippen LogP contribution in [0.15, 0.2) is 24.3 Å². The van der Waals surface area contributed by atoms with Crippen molar-refractivity contribution in [2.75, 3.05) is 32.1 Å². The summed E-state index contributed by atoms with van der Waals surface area (Å²) in [6, 6.07) is 6.31. The largest absolute Gasteiger partial charge is 0.418 e. The Bertz CT molecular complexity index is 421. The van der Waals surface area contributed by atoms with E-state index >= 15 is 0 Å². The highest BCUT2D eigenvalue weighted by Gasteiger charge is 2.35. The minimum Gasteiger partial charge on any atom is -0.371 e. The Balaban J connectivity index is 2.16. The average molecular weight is 272 g/mol. The number of piperidine rings is 1. The summed E-state index contributed by atoms with van der Waals surface area (Å²) in [6.45, 7) is 1.35. The molecule has 1 aliphatic rings. The Morgan fingerprint density at radius 1 is 1.11 bits per heavy atom. The van der Waals surface area contributed by atoms with Crippen LogP contribution in [-0.4, -0.2) is 38.1 Å². The molecule has 19 heavy (non-hydrogen) atoms. The van der Waals surface area contributed by atoms with Crippen LogP contribution in [0.2, 0.25) is 0 Å². The normalized spacial score (nSPS) is 18.1. The quantitative estimate of drug-likeness (QED) is 0.815. The van der Waals surface area contributed by atoms with E-state index in [-0.39, 0.29) is 0 Å². The van der Waals surface area contributed by atoms with E-state index in [0.29, 0.717) is 24.8 Å². The Hall–Kier alpha value is -1.23. The zero-order chi connectivity index (χ0) is 14.0. The summed E-state index contributed by atoms with van der Waals surface area (Å²) >= 11 is 0. The van der Waals surface area contributed by atoms with E-state index in [1.807, 2.05) is 19.0 Å². The van der Waals surface area contributed by atoms with Crippen molar-refractivity contribution >= 4 is 5.69 Å². The number of hydrogen-bond donors (Lipinski definition) is 0. The summed E-state index contributed by atoms with van der Waals surface area (Å²) in [7, 11) is 4.04. The van der Waals surface area contributed by atoms with Gasteiger partial charge in [-0.25, -0.2) is 0 Å². The van der Waals surface area contributed by atoms with Gasteiger partial charge in [-0.3, -0.25) is 0 Å². The van der Waals surface area contributed by atoms with Gasteiger partial charge in [0.1, 0.15) is 0 Å². The van der Waals surface area contributed by atoms with Crippen molar-refractivity contribution in [2.45, 2.75) is 25.1 Å². The standard InChI is InChI=1S/C14H19F3N2/c1-18(2)11-7-9-19(10-8-11)13-6-4-3-5-12(13)14(15,16)17/h3-6,11H,7-10H2,1-2H3. The van der Waals surface area contributed by atoms with Crippen molar-refractivity contribution in [3.63, 3.8) is 0 Å². The average Bonchev–Trinajstić information content (AvgIpc) is 2.38. The Morgan fingerprint density at radius 2 is 1.68 bits per heavy atom. The van der Waals surface area contributed by atoms with Crippen molar-refractivity contribution in [1.29, 1.82) is 0 Å². The van der Waals surface area contributed by atoms with Crippen LogP contribution in [0.5, 0.6) is 0 Å². The van der Waals surface area contributed by atoms with Crippen molar-refractivity contribution in [3.8, 4) is 0 Å². The molecule has 0 saturated carbocycles. The lowest BCUT2D eigenvalue weighted by Crippen LogP contribution is -2.42. The lowest BCUT2D eigenvalue weighted by Gasteiger charge is -2.37. The second kappa shape index (κ2) is 5.41. The molecule has 0 spiro atoms. The predicted molar refractivity (Wildman–Crippen MR) is 70.4 cm³/mol. The molecule has 0 aromatic heterocycles. The fraction of sp³-hybridized carbons (Fsp3) is 0.571. The van der Waals surface area contributed by atoms with Crippen LogP contribution in [0.4, 0.5) is 18.9 Å². The number of anilines is 1. The van der Waals surface area contributed by atoms with E-state index in [4.69, 9.17) is 0 Å². The molecule has 106 valence electrons. The summed E-state index contributed by atoms with van der Waals surface area (Å²) < 4.78 is 38.9. The molecule has 0 bridgehead atoms. The molecule has 0 aliphatic carbocycles. The zero-order valence-electron chi connectivity index (χ0n) is 11.2. The minimum atomic E-state index is -4.28. The maximum atomic E-state index is 13.0. The number of benzene rings is 1. The number of alkyl halides is 3. The number of rotatable bonds is 2. The van der Waals surface area contributed by atoms with Crippen molar-refractivity contribution in [1.82, 2.24) is 4.90 Å². The lowest BCUT2D eigenvalue weighted by molar-refractivity contribution is -0.137. The maximum Gasteiger partial charge on any atom is 0.418 e. The van der Waals surface area contributed by atoms with Crippen LogP contribution in [0.1, 0.15) is 18.4 Å². The molecule has 2 nitrogen and oxygen atoms in total. The highest BCUT2D eigenvalue weighted by molar-refractivity contribution is 5.55. The molecule has 0 unspecified atom stereocenters. The predicted octanol–water partition coefficient (Wildman–Crippen LogP) is 3.24. The summed E-state index contributed by atoms with van der Waals surface area (Å²) in [5.74, 6) is 0. The van der Waals surface area contributed by atoms with Crippen molar-refractivity contribution in [2.24, 2.45) is 0 Å². The van der Waals surface area contributed by atoms with Gasteiger partial charge in [0.15, 0.2) is 0 Å². The van der Waals surface area contributed by atoms with Gasteiger partial charge in [0, 0.05) is 24.8 Å². The first-order chi connectivity index (χ1) is 8.89. The van der Waals surface area contributed by atoms with Crippen LogP contribution in [0.25, 0.3) is 0 Å². The van der Waals surface area contributed by atoms with Gasteiger partial charge in [-0.1, -0.05) is 12.1 Å². The molecule has 1 heterocycles. The summed E-state index contributed by atoms with van der Waals surface area (Å²) in [6.07, 6.45) is -2.48. The van der Waals surface area contributed by atoms with E-state index in [2.05, 4.69) is 4.90 Å². The second-order valence-electron chi connectivity index (χ2n) is 5.20. The topological polar surface area (TPSA) is 6.48 Å². The fourth-order valence-electron chi connectivity index (χ4n) is 2.61. The number of halogens is 3. The van der Waals surface area contributed by atoms with Crippen LogP contribution in [0.3, 0.4) is 0 Å². The molecule has 2 rings (SSSR count). The first-order valence-electron chi connectivity index (χ1n) is 6.47. The molecular weight excluding hydrogens is 253 g/mol. The molecule has 1 aromatic carbocycles. The van der Waals surface area contributed by atoms with E-state index in [1.165, 1.54) is 6.07 Å². The van der Waals surface area contributed by atoms with Crippen LogP contribution < -0.4 is 4.90 Å². The van der Waals surface area contributed by atoms with Gasteiger partial charge in [-0.2, -0.15) is 13.2 Å². The second-order valence-corrected chi connectivity index (χ2v) is 5.20. The smallest absolute Gasteiger partial charge is 0.371 e. The molecule has 5 heteroatoms. The lowest BCUT2D eigenvalue weighted by atomic mass is 10.0. The van der Waals surface area contributed by atoms with Gasteiger partial charge in [-0.15, -0.1) is 0 Å². The van der Waals surface area contributed by atoms with Crippen molar-refractivity contribution in [3.05, 3.63) is 29.8 Å². The van der Waals surface area contributed by atoms with Gasteiger partial charge < -0.3 is 9.80 Å². The number of nitrogens with zero attached hydrogens (tertiary/aromatic N) is 2. The molecule has 0 N–H and O–H groups in total. The first kappa shape index (κ1) is 14.2. The molecular formula is C14H19F3N2. The Labute approximate surface area is 111 Å². The Kier molecular flexibility index (Phi) is 4.04. The molecule has 0 radical (unpaired) electrons. The van der Waals surface area contributed by atoms with E-state index in [0.717, 1.165) is 18.9 Å². The zero-order valence-corrected chi connectivity index (χ0v) is 11.2. The van der Waals surface area contributed by atoms with Gasteiger partial charge in [0.2, 0.25) is 0 Å². The third kappa shape index (κ3) is 3.21. The molecule has 0 atom stereocenters. The third-order valence-corrected chi connectivity index (χ3v) is 3.74. The third-order valence-electron chi connectivity index (χ3n) is 3.74. The fourth-order valence-corrected chi connectivity index (χ4v) is 2.61. The van der Waals surface area contributed by atoms with Crippen LogP contribution >= 0.6 is 0 Å².